The van der Waals surface area contributed by atoms with Crippen LogP contribution in [-0.2, 0) is 10.8 Å². The van der Waals surface area contributed by atoms with Gasteiger partial charge < -0.3 is 9.13 Å². The van der Waals surface area contributed by atoms with E-state index in [1.54, 1.807) is 0 Å². The molecule has 2 nitrogen and oxygen atoms in total. The number of aromatic nitrogens is 2. The predicted octanol–water partition coefficient (Wildman–Crippen LogP) is 24.1. The lowest BCUT2D eigenvalue weighted by molar-refractivity contribution is 0.660. The maximum absolute atomic E-state index is 2.47. The van der Waals surface area contributed by atoms with Crippen molar-refractivity contribution in [2.24, 2.45) is 0 Å². The normalized spacial score (nSPS) is 13.7. The molecule has 0 radical (unpaired) electrons. The molecule has 2 heteroatoms. The summed E-state index contributed by atoms with van der Waals surface area (Å²) in [5.74, 6) is 0. The molecule has 2 aliphatic carbocycles. The number of rotatable bonds is 9. The maximum atomic E-state index is 2.47. The van der Waals surface area contributed by atoms with Crippen molar-refractivity contribution in [2.45, 2.75) is 38.5 Å². The Balaban J connectivity index is 0.564. The van der Waals surface area contributed by atoms with Gasteiger partial charge >= 0.3 is 0 Å². The summed E-state index contributed by atoms with van der Waals surface area (Å²) >= 11 is 0. The predicted molar refractivity (Wildman–Crippen MR) is 392 cm³/mol. The van der Waals surface area contributed by atoms with Crippen molar-refractivity contribution in [3.8, 4) is 67.0 Å². The Hall–Kier alpha value is -11.3. The van der Waals surface area contributed by atoms with E-state index in [2.05, 4.69) is 352 Å². The molecule has 434 valence electrons. The molecule has 0 aliphatic heterocycles. The summed E-state index contributed by atoms with van der Waals surface area (Å²) in [6, 6.07) is 109. The second-order valence-electron chi connectivity index (χ2n) is 26.5. The molecule has 0 saturated carbocycles. The topological polar surface area (TPSA) is 9.86 Å². The largest absolute Gasteiger partial charge is 0.309 e. The van der Waals surface area contributed by atoms with Crippen molar-refractivity contribution in [3.05, 3.63) is 336 Å². The van der Waals surface area contributed by atoms with Gasteiger partial charge in [-0.25, -0.2) is 0 Å². The Morgan fingerprint density at radius 3 is 0.924 bits per heavy atom. The second-order valence-corrected chi connectivity index (χ2v) is 26.5. The van der Waals surface area contributed by atoms with E-state index in [4.69, 9.17) is 0 Å². The molecule has 2 aromatic heterocycles. The van der Waals surface area contributed by atoms with Gasteiger partial charge in [-0.1, -0.05) is 258 Å². The Labute approximate surface area is 536 Å². The first-order valence-corrected chi connectivity index (χ1v) is 32.3. The molecule has 0 spiro atoms. The third-order valence-electron chi connectivity index (χ3n) is 20.5. The van der Waals surface area contributed by atoms with Gasteiger partial charge in [0.25, 0.3) is 0 Å². The van der Waals surface area contributed by atoms with Crippen molar-refractivity contribution < 1.29 is 0 Å². The molecule has 2 aliphatic rings. The average molecular weight is 1170 g/mol. The molecule has 2 heterocycles. The molecule has 14 aromatic carbocycles. The molecule has 0 atom stereocenters. The van der Waals surface area contributed by atoms with E-state index in [0.717, 1.165) is 0 Å². The monoisotopic (exact) mass is 1170 g/mol. The lowest BCUT2D eigenvalue weighted by atomic mass is 9.79. The van der Waals surface area contributed by atoms with Crippen LogP contribution in [0.1, 0.15) is 72.2 Å². The fourth-order valence-corrected chi connectivity index (χ4v) is 15.5. The van der Waals surface area contributed by atoms with Gasteiger partial charge in [-0.2, -0.15) is 0 Å². The zero-order valence-electron chi connectivity index (χ0n) is 51.9. The number of fused-ring (bicyclic) bond motifs is 14. The highest BCUT2D eigenvalue weighted by atomic mass is 15.0. The minimum atomic E-state index is -0.169. The first-order chi connectivity index (χ1) is 45.1. The molecule has 92 heavy (non-hydrogen) atoms. The summed E-state index contributed by atoms with van der Waals surface area (Å²) < 4.78 is 4.80. The molecule has 0 fully saturated rings. The summed E-state index contributed by atoms with van der Waals surface area (Å²) in [5, 5.41) is 10.0. The van der Waals surface area contributed by atoms with E-state index in [9.17, 15) is 0 Å². The molecule has 16 aromatic rings. The van der Waals surface area contributed by atoms with Gasteiger partial charge in [0.1, 0.15) is 0 Å². The first kappa shape index (κ1) is 53.7. The second kappa shape index (κ2) is 20.6. The van der Waals surface area contributed by atoms with E-state index < -0.39 is 0 Å². The third kappa shape index (κ3) is 8.62. The van der Waals surface area contributed by atoms with E-state index >= 15 is 0 Å². The van der Waals surface area contributed by atoms with Crippen molar-refractivity contribution in [3.63, 3.8) is 0 Å². The van der Waals surface area contributed by atoms with Gasteiger partial charge in [-0.3, -0.25) is 0 Å². The number of hydrogen-bond acceptors (Lipinski definition) is 0. The van der Waals surface area contributed by atoms with Crippen LogP contribution in [0.25, 0.3) is 156 Å². The standard InChI is InChI=1S/C90H64N2/c1-89(2)81-53-67(63-31-25-57(26-32-63)21-23-59-29-47-87-79(49-59)77-17-9-11-19-85(77)91(87)71-41-35-61-13-5-7-15-65(61)51-71)37-43-73(81)75-45-39-69(55-83(75)89)70-40-46-76-74-44-38-68(54-82(74)90(3,4)84(76)56-70)64-33-27-58(28-34-64)22-24-60-30-48-88-80(50-60)78-18-10-12-20-86(78)92(88)72-42-36-62-14-6-8-16-66(62)52-72/h5-56H,1-4H3/b23-21+,24-22+. The van der Waals surface area contributed by atoms with Crippen LogP contribution in [0.15, 0.2) is 291 Å². The van der Waals surface area contributed by atoms with Crippen LogP contribution in [0.5, 0.6) is 0 Å². The highest BCUT2D eigenvalue weighted by Gasteiger charge is 2.38. The van der Waals surface area contributed by atoms with Gasteiger partial charge in [0.2, 0.25) is 0 Å². The third-order valence-corrected chi connectivity index (χ3v) is 20.5. The molecule has 0 bridgehead atoms. The molecule has 0 amide bonds. The smallest absolute Gasteiger partial charge is 0.0541 e. The quantitative estimate of drug-likeness (QED) is 0.128. The van der Waals surface area contributed by atoms with Gasteiger partial charge in [0.15, 0.2) is 0 Å². The lowest BCUT2D eigenvalue weighted by Crippen LogP contribution is -2.15. The summed E-state index contributed by atoms with van der Waals surface area (Å²) in [7, 11) is 0. The summed E-state index contributed by atoms with van der Waals surface area (Å²) in [6.45, 7) is 9.60. The number of nitrogens with zero attached hydrogens (tertiary/aromatic N) is 2. The molecule has 0 saturated heterocycles. The number of para-hydroxylation sites is 2. The minimum Gasteiger partial charge on any atom is -0.309 e. The van der Waals surface area contributed by atoms with Gasteiger partial charge in [0.05, 0.1) is 22.1 Å². The van der Waals surface area contributed by atoms with Crippen molar-refractivity contribution in [1.29, 1.82) is 0 Å². The minimum absolute atomic E-state index is 0.169. The summed E-state index contributed by atoms with van der Waals surface area (Å²) in [4.78, 5) is 0. The van der Waals surface area contributed by atoms with E-state index in [-0.39, 0.29) is 10.8 Å². The van der Waals surface area contributed by atoms with Crippen LogP contribution in [0.2, 0.25) is 0 Å². The molecular weight excluding hydrogens is 1110 g/mol. The number of benzene rings is 14. The molecule has 0 unspecified atom stereocenters. The van der Waals surface area contributed by atoms with Crippen LogP contribution in [0, 0.1) is 0 Å². The van der Waals surface area contributed by atoms with Crippen LogP contribution < -0.4 is 0 Å². The average Bonchev–Trinajstić information content (AvgIpc) is 1.60. The van der Waals surface area contributed by atoms with Crippen LogP contribution in [0.4, 0.5) is 0 Å². The SMILES string of the molecule is CC1(C)c2cc(-c3ccc(/C=C/c4ccc5c(c4)c4ccccc4n5-c4ccc5ccccc5c4)cc3)ccc2-c2ccc(-c3ccc4c(c3)C(C)(C)c3cc(-c5ccc(/C=C/c6ccc7c(c6)c6ccccc6n7-c6ccc7ccccc7c6)cc5)ccc3-4)cc21. The van der Waals surface area contributed by atoms with Crippen molar-refractivity contribution in [1.82, 2.24) is 9.13 Å². The van der Waals surface area contributed by atoms with Crippen molar-refractivity contribution in [2.75, 3.05) is 0 Å². The van der Waals surface area contributed by atoms with E-state index in [1.165, 1.54) is 177 Å². The molecule has 0 N–H and O–H groups in total. The first-order valence-electron chi connectivity index (χ1n) is 32.3. The van der Waals surface area contributed by atoms with Crippen LogP contribution in [0.3, 0.4) is 0 Å². The maximum Gasteiger partial charge on any atom is 0.0541 e. The van der Waals surface area contributed by atoms with Gasteiger partial charge in [0, 0.05) is 43.7 Å². The van der Waals surface area contributed by atoms with Gasteiger partial charge in [-0.05, 0) is 207 Å². The number of hydrogen-bond donors (Lipinski definition) is 0. The Morgan fingerprint density at radius 2 is 0.533 bits per heavy atom. The lowest BCUT2D eigenvalue weighted by Gasteiger charge is -2.24. The van der Waals surface area contributed by atoms with Gasteiger partial charge in [-0.15, -0.1) is 0 Å². The zero-order valence-corrected chi connectivity index (χ0v) is 51.9. The zero-order chi connectivity index (χ0) is 61.4. The summed E-state index contributed by atoms with van der Waals surface area (Å²) in [5.41, 5.74) is 29.9. The highest BCUT2D eigenvalue weighted by Crippen LogP contribution is 2.53. The van der Waals surface area contributed by atoms with E-state index in [1.807, 2.05) is 0 Å². The highest BCUT2D eigenvalue weighted by molar-refractivity contribution is 6.11. The Bertz CT molecular complexity index is 5440. The molecule has 18 rings (SSSR count). The fraction of sp³-hybridized carbons (Fsp3) is 0.0667. The fourth-order valence-electron chi connectivity index (χ4n) is 15.5. The van der Waals surface area contributed by atoms with Crippen LogP contribution >= 0.6 is 0 Å². The van der Waals surface area contributed by atoms with Crippen molar-refractivity contribution >= 4 is 89.5 Å². The molecular formula is C90H64N2. The Kier molecular flexibility index (Phi) is 12.0. The summed E-state index contributed by atoms with van der Waals surface area (Å²) in [6.07, 6.45) is 8.96. The van der Waals surface area contributed by atoms with Crippen LogP contribution in [-0.4, -0.2) is 9.13 Å². The van der Waals surface area contributed by atoms with E-state index in [0.29, 0.717) is 0 Å². The Morgan fingerprint density at radius 1 is 0.228 bits per heavy atom.